The molecule has 0 bridgehead atoms. The van der Waals surface area contributed by atoms with E-state index < -0.39 is 12.1 Å². The highest BCUT2D eigenvalue weighted by atomic mass is 16.6. The number of ether oxygens (including phenoxy) is 2. The van der Waals surface area contributed by atoms with Crippen molar-refractivity contribution in [2.24, 2.45) is 0 Å². The Bertz CT molecular complexity index is 483. The summed E-state index contributed by atoms with van der Waals surface area (Å²) in [5.41, 5.74) is 1.11. The Morgan fingerprint density at radius 3 is 2.89 bits per heavy atom. The van der Waals surface area contributed by atoms with E-state index in [4.69, 9.17) is 4.74 Å². The van der Waals surface area contributed by atoms with Gasteiger partial charge in [0.1, 0.15) is 6.61 Å². The molecule has 0 spiro atoms. The molecule has 0 aliphatic carbocycles. The van der Waals surface area contributed by atoms with Gasteiger partial charge < -0.3 is 9.47 Å². The molecule has 1 atom stereocenters. The lowest BCUT2D eigenvalue weighted by Crippen LogP contribution is -2.30. The fourth-order valence-corrected chi connectivity index (χ4v) is 1.91. The van der Waals surface area contributed by atoms with Crippen molar-refractivity contribution in [3.05, 3.63) is 48.2 Å². The number of nitrogens with zero attached hydrogens (tertiary/aromatic N) is 1. The van der Waals surface area contributed by atoms with Gasteiger partial charge in [-0.15, -0.1) is 0 Å². The van der Waals surface area contributed by atoms with Crippen molar-refractivity contribution in [1.82, 2.24) is 4.90 Å². The van der Waals surface area contributed by atoms with Crippen molar-refractivity contribution in [2.75, 3.05) is 13.7 Å². The molecule has 100 valence electrons. The second kappa shape index (κ2) is 6.04. The number of carbonyl (C=O) groups excluding carboxylic acids is 2. The molecule has 5 nitrogen and oxygen atoms in total. The van der Waals surface area contributed by atoms with E-state index in [2.05, 4.69) is 4.74 Å². The van der Waals surface area contributed by atoms with E-state index in [1.807, 2.05) is 30.3 Å². The summed E-state index contributed by atoms with van der Waals surface area (Å²) in [6.07, 6.45) is 2.86. The molecule has 0 saturated carbocycles. The van der Waals surface area contributed by atoms with Gasteiger partial charge in [-0.1, -0.05) is 30.3 Å². The average Bonchev–Trinajstić information content (AvgIpc) is 2.78. The molecule has 2 rings (SSSR count). The smallest absolute Gasteiger partial charge is 0.414 e. The van der Waals surface area contributed by atoms with E-state index in [9.17, 15) is 9.59 Å². The van der Waals surface area contributed by atoms with Crippen molar-refractivity contribution < 1.29 is 19.1 Å². The molecule has 0 aromatic heterocycles. The molecule has 1 amide bonds. The summed E-state index contributed by atoms with van der Waals surface area (Å²) in [5, 5.41) is 0. The van der Waals surface area contributed by atoms with Crippen molar-refractivity contribution in [3.8, 4) is 0 Å². The van der Waals surface area contributed by atoms with Crippen LogP contribution >= 0.6 is 0 Å². The van der Waals surface area contributed by atoms with Gasteiger partial charge in [-0.2, -0.15) is 0 Å². The molecule has 1 heterocycles. The van der Waals surface area contributed by atoms with Crippen LogP contribution in [-0.2, 0) is 20.7 Å². The molecule has 5 heteroatoms. The van der Waals surface area contributed by atoms with Gasteiger partial charge in [0.2, 0.25) is 0 Å². The minimum atomic E-state index is -0.502. The van der Waals surface area contributed by atoms with Crippen LogP contribution in [0.4, 0.5) is 4.79 Å². The quantitative estimate of drug-likeness (QED) is 0.612. The maximum atomic E-state index is 11.6. The lowest BCUT2D eigenvalue weighted by molar-refractivity contribution is -0.134. The Morgan fingerprint density at radius 1 is 1.47 bits per heavy atom. The maximum Gasteiger partial charge on any atom is 0.414 e. The second-order valence-corrected chi connectivity index (χ2v) is 4.17. The maximum absolute atomic E-state index is 11.6. The number of amides is 1. The number of benzene rings is 1. The largest absolute Gasteiger partial charge is 0.466 e. The fourth-order valence-electron chi connectivity index (χ4n) is 1.91. The molecule has 1 aromatic carbocycles. The van der Waals surface area contributed by atoms with Gasteiger partial charge in [0.25, 0.3) is 0 Å². The minimum absolute atomic E-state index is 0.101. The van der Waals surface area contributed by atoms with Crippen molar-refractivity contribution in [2.45, 2.75) is 12.5 Å². The average molecular weight is 261 g/mol. The Kier molecular flexibility index (Phi) is 4.18. The molecule has 1 unspecified atom stereocenters. The Morgan fingerprint density at radius 2 is 2.21 bits per heavy atom. The van der Waals surface area contributed by atoms with Crippen LogP contribution < -0.4 is 0 Å². The van der Waals surface area contributed by atoms with Gasteiger partial charge >= 0.3 is 12.1 Å². The first-order valence-electron chi connectivity index (χ1n) is 5.96. The van der Waals surface area contributed by atoms with Crippen LogP contribution in [0.2, 0.25) is 0 Å². The first kappa shape index (κ1) is 13.1. The van der Waals surface area contributed by atoms with Crippen molar-refractivity contribution in [3.63, 3.8) is 0 Å². The number of rotatable bonds is 4. The summed E-state index contributed by atoms with van der Waals surface area (Å²) in [4.78, 5) is 24.0. The van der Waals surface area contributed by atoms with Gasteiger partial charge in [0.15, 0.2) is 0 Å². The molecule has 19 heavy (non-hydrogen) atoms. The van der Waals surface area contributed by atoms with E-state index >= 15 is 0 Å². The number of carbonyl (C=O) groups is 2. The summed E-state index contributed by atoms with van der Waals surface area (Å²) in [7, 11) is 1.29. The number of cyclic esters (lactones) is 1. The van der Waals surface area contributed by atoms with Crippen LogP contribution in [0.5, 0.6) is 0 Å². The Labute approximate surface area is 111 Å². The minimum Gasteiger partial charge on any atom is -0.466 e. The number of hydrogen-bond acceptors (Lipinski definition) is 4. The number of esters is 1. The summed E-state index contributed by atoms with van der Waals surface area (Å²) in [5.74, 6) is -0.502. The third kappa shape index (κ3) is 3.34. The molecular formula is C14H15NO4. The highest BCUT2D eigenvalue weighted by molar-refractivity contribution is 5.82. The molecule has 0 N–H and O–H groups in total. The second-order valence-electron chi connectivity index (χ2n) is 4.17. The highest BCUT2D eigenvalue weighted by Crippen LogP contribution is 2.17. The molecule has 1 aliphatic heterocycles. The van der Waals surface area contributed by atoms with Crippen LogP contribution in [0.25, 0.3) is 0 Å². The SMILES string of the molecule is COC(=O)C=CN1C(=O)OCC1Cc1ccccc1. The molecule has 1 aromatic rings. The first-order valence-corrected chi connectivity index (χ1v) is 5.96. The van der Waals surface area contributed by atoms with E-state index in [1.165, 1.54) is 24.3 Å². The summed E-state index contributed by atoms with van der Waals surface area (Å²) >= 11 is 0. The molecule has 1 aliphatic rings. The van der Waals surface area contributed by atoms with Crippen molar-refractivity contribution >= 4 is 12.1 Å². The van der Waals surface area contributed by atoms with Gasteiger partial charge in [-0.25, -0.2) is 9.59 Å². The van der Waals surface area contributed by atoms with Crippen LogP contribution in [-0.4, -0.2) is 36.7 Å². The van der Waals surface area contributed by atoms with Crippen LogP contribution in [0, 0.1) is 0 Å². The monoisotopic (exact) mass is 261 g/mol. The molecule has 1 fully saturated rings. The summed E-state index contributed by atoms with van der Waals surface area (Å²) in [6, 6.07) is 9.71. The van der Waals surface area contributed by atoms with Gasteiger partial charge in [-0.05, 0) is 12.0 Å². The molecular weight excluding hydrogens is 246 g/mol. The third-order valence-corrected chi connectivity index (χ3v) is 2.89. The topological polar surface area (TPSA) is 55.8 Å². The summed E-state index contributed by atoms with van der Waals surface area (Å²) in [6.45, 7) is 0.319. The number of methoxy groups -OCH3 is 1. The molecule has 0 radical (unpaired) electrons. The number of hydrogen-bond donors (Lipinski definition) is 0. The van der Waals surface area contributed by atoms with E-state index in [0.717, 1.165) is 5.56 Å². The van der Waals surface area contributed by atoms with Gasteiger partial charge in [-0.3, -0.25) is 4.90 Å². The lowest BCUT2D eigenvalue weighted by Gasteiger charge is -2.16. The van der Waals surface area contributed by atoms with Gasteiger partial charge in [0.05, 0.1) is 13.2 Å². The van der Waals surface area contributed by atoms with E-state index in [0.29, 0.717) is 13.0 Å². The predicted molar refractivity (Wildman–Crippen MR) is 68.3 cm³/mol. The van der Waals surface area contributed by atoms with Crippen molar-refractivity contribution in [1.29, 1.82) is 0 Å². The van der Waals surface area contributed by atoms with Crippen LogP contribution in [0.1, 0.15) is 5.56 Å². The zero-order valence-electron chi connectivity index (χ0n) is 10.6. The Balaban J connectivity index is 2.05. The lowest BCUT2D eigenvalue weighted by atomic mass is 10.1. The van der Waals surface area contributed by atoms with E-state index in [1.54, 1.807) is 0 Å². The summed E-state index contributed by atoms with van der Waals surface area (Å²) < 4.78 is 9.49. The molecule has 1 saturated heterocycles. The van der Waals surface area contributed by atoms with Crippen LogP contribution in [0.15, 0.2) is 42.6 Å². The Hall–Kier alpha value is -2.30. The van der Waals surface area contributed by atoms with Crippen LogP contribution in [0.3, 0.4) is 0 Å². The predicted octanol–water partition coefficient (Wildman–Crippen LogP) is 1.74. The zero-order chi connectivity index (χ0) is 13.7. The zero-order valence-corrected chi connectivity index (χ0v) is 10.6. The third-order valence-electron chi connectivity index (χ3n) is 2.89. The van der Waals surface area contributed by atoms with E-state index in [-0.39, 0.29) is 6.04 Å². The fraction of sp³-hybridized carbons (Fsp3) is 0.286. The first-order chi connectivity index (χ1) is 9.20. The van der Waals surface area contributed by atoms with Gasteiger partial charge in [0, 0.05) is 12.3 Å². The standard InChI is InChI=1S/C14H15NO4/c1-18-13(16)7-8-15-12(10-19-14(15)17)9-11-5-3-2-4-6-11/h2-8,12H,9-10H2,1H3. The normalized spacial score (nSPS) is 18.7. The highest BCUT2D eigenvalue weighted by Gasteiger charge is 2.31.